The number of rotatable bonds is 8. The standard InChI is InChI=1S/C23H38FNO3Si/c1-23(2,3)29(5,6)28-14-13-25-21-12-11-19(16-20(21)24)18-9-7-17(8-10-18)15-22(26)27-4/h11-12,16-18,25H,7-10,13-15H2,1-6H3. The summed E-state index contributed by atoms with van der Waals surface area (Å²) < 4.78 is 25.5. The average Bonchev–Trinajstić information content (AvgIpc) is 2.65. The molecule has 29 heavy (non-hydrogen) atoms. The van der Waals surface area contributed by atoms with E-state index in [9.17, 15) is 9.18 Å². The Morgan fingerprint density at radius 2 is 1.86 bits per heavy atom. The van der Waals surface area contributed by atoms with E-state index in [1.165, 1.54) is 7.11 Å². The van der Waals surface area contributed by atoms with Crippen LogP contribution < -0.4 is 5.32 Å². The lowest BCUT2D eigenvalue weighted by atomic mass is 9.77. The van der Waals surface area contributed by atoms with Gasteiger partial charge in [0.2, 0.25) is 0 Å². The van der Waals surface area contributed by atoms with Crippen LogP contribution >= 0.6 is 0 Å². The largest absolute Gasteiger partial charge is 0.469 e. The van der Waals surface area contributed by atoms with Gasteiger partial charge in [-0.1, -0.05) is 26.8 Å². The molecule has 0 bridgehead atoms. The molecule has 0 aliphatic heterocycles. The van der Waals surface area contributed by atoms with Crippen molar-refractivity contribution in [2.45, 2.75) is 76.9 Å². The van der Waals surface area contributed by atoms with Gasteiger partial charge in [-0.25, -0.2) is 4.39 Å². The molecule has 0 atom stereocenters. The second-order valence-electron chi connectivity index (χ2n) is 9.77. The van der Waals surface area contributed by atoms with Crippen molar-refractivity contribution in [3.63, 3.8) is 0 Å². The Balaban J connectivity index is 1.82. The molecule has 1 aliphatic rings. The summed E-state index contributed by atoms with van der Waals surface area (Å²) in [4.78, 5) is 11.4. The average molecular weight is 424 g/mol. The number of nitrogens with one attached hydrogen (secondary N) is 1. The van der Waals surface area contributed by atoms with Crippen molar-refractivity contribution in [2.24, 2.45) is 5.92 Å². The molecule has 0 spiro atoms. The van der Waals surface area contributed by atoms with Gasteiger partial charge in [0.05, 0.1) is 19.4 Å². The summed E-state index contributed by atoms with van der Waals surface area (Å²) in [6, 6.07) is 5.55. The molecule has 2 rings (SSSR count). The number of hydrogen-bond donors (Lipinski definition) is 1. The van der Waals surface area contributed by atoms with Gasteiger partial charge in [0.25, 0.3) is 0 Å². The molecule has 1 N–H and O–H groups in total. The van der Waals surface area contributed by atoms with Crippen LogP contribution in [0.5, 0.6) is 0 Å². The quantitative estimate of drug-likeness (QED) is 0.312. The van der Waals surface area contributed by atoms with Crippen molar-refractivity contribution in [1.29, 1.82) is 0 Å². The number of carbonyl (C=O) groups excluding carboxylic acids is 1. The molecule has 0 unspecified atom stereocenters. The molecule has 1 saturated carbocycles. The molecule has 0 amide bonds. The molecule has 6 heteroatoms. The highest BCUT2D eigenvalue weighted by atomic mass is 28.4. The normalized spacial score (nSPS) is 20.4. The molecule has 0 radical (unpaired) electrons. The number of esters is 1. The van der Waals surface area contributed by atoms with E-state index < -0.39 is 8.32 Å². The number of benzene rings is 1. The van der Waals surface area contributed by atoms with E-state index in [2.05, 4.69) is 39.2 Å². The van der Waals surface area contributed by atoms with Crippen molar-refractivity contribution < 1.29 is 18.3 Å². The number of carbonyl (C=O) groups is 1. The van der Waals surface area contributed by atoms with Crippen LogP contribution in [0, 0.1) is 11.7 Å². The molecular weight excluding hydrogens is 385 g/mol. The number of hydrogen-bond acceptors (Lipinski definition) is 4. The zero-order valence-corrected chi connectivity index (χ0v) is 19.9. The van der Waals surface area contributed by atoms with Gasteiger partial charge in [-0.3, -0.25) is 4.79 Å². The summed E-state index contributed by atoms with van der Waals surface area (Å²) >= 11 is 0. The van der Waals surface area contributed by atoms with Crippen molar-refractivity contribution in [3.05, 3.63) is 29.6 Å². The van der Waals surface area contributed by atoms with Crippen LogP contribution in [0.25, 0.3) is 0 Å². The first-order valence-electron chi connectivity index (χ1n) is 10.8. The highest BCUT2D eigenvalue weighted by Gasteiger charge is 2.36. The maximum absolute atomic E-state index is 14.6. The van der Waals surface area contributed by atoms with Gasteiger partial charge >= 0.3 is 5.97 Å². The monoisotopic (exact) mass is 423 g/mol. The van der Waals surface area contributed by atoms with Gasteiger partial charge in [-0.2, -0.15) is 0 Å². The lowest BCUT2D eigenvalue weighted by Gasteiger charge is -2.36. The topological polar surface area (TPSA) is 47.6 Å². The lowest BCUT2D eigenvalue weighted by Crippen LogP contribution is -2.41. The van der Waals surface area contributed by atoms with Crippen LogP contribution in [0.3, 0.4) is 0 Å². The van der Waals surface area contributed by atoms with E-state index in [-0.39, 0.29) is 16.8 Å². The molecule has 1 aliphatic carbocycles. The first kappa shape index (κ1) is 23.9. The van der Waals surface area contributed by atoms with Crippen LogP contribution in [0.2, 0.25) is 18.1 Å². The minimum atomic E-state index is -1.77. The molecule has 0 saturated heterocycles. The summed E-state index contributed by atoms with van der Waals surface area (Å²) in [7, 11) is -0.333. The van der Waals surface area contributed by atoms with E-state index in [0.717, 1.165) is 31.2 Å². The van der Waals surface area contributed by atoms with Crippen LogP contribution in [-0.4, -0.2) is 34.5 Å². The fraction of sp³-hybridized carbons (Fsp3) is 0.696. The lowest BCUT2D eigenvalue weighted by molar-refractivity contribution is -0.142. The van der Waals surface area contributed by atoms with Gasteiger partial charge in [-0.05, 0) is 73.3 Å². The Bertz CT molecular complexity index is 679. The first-order chi connectivity index (χ1) is 13.5. The van der Waals surface area contributed by atoms with Gasteiger partial charge in [-0.15, -0.1) is 0 Å². The molecular formula is C23H38FNO3Si. The summed E-state index contributed by atoms with van der Waals surface area (Å²) in [6.45, 7) is 12.3. The Hall–Kier alpha value is -1.40. The second-order valence-corrected chi connectivity index (χ2v) is 14.6. The smallest absolute Gasteiger partial charge is 0.305 e. The maximum Gasteiger partial charge on any atom is 0.305 e. The second kappa shape index (κ2) is 10.1. The highest BCUT2D eigenvalue weighted by Crippen LogP contribution is 2.38. The van der Waals surface area contributed by atoms with Crippen molar-refractivity contribution in [3.8, 4) is 0 Å². The van der Waals surface area contributed by atoms with Gasteiger partial charge in [0.1, 0.15) is 5.82 Å². The Labute approximate surface area is 176 Å². The molecule has 1 aromatic carbocycles. The van der Waals surface area contributed by atoms with Gasteiger partial charge < -0.3 is 14.5 Å². The molecule has 0 heterocycles. The Morgan fingerprint density at radius 1 is 1.21 bits per heavy atom. The molecule has 4 nitrogen and oxygen atoms in total. The SMILES string of the molecule is COC(=O)CC1CCC(c2ccc(NCCO[Si](C)(C)C(C)(C)C)c(F)c2)CC1. The predicted molar refractivity (Wildman–Crippen MR) is 119 cm³/mol. The summed E-state index contributed by atoms with van der Waals surface area (Å²) in [6.07, 6.45) is 4.47. The van der Waals surface area contributed by atoms with Crippen molar-refractivity contribution in [1.82, 2.24) is 0 Å². The van der Waals surface area contributed by atoms with Crippen molar-refractivity contribution >= 4 is 20.0 Å². The summed E-state index contributed by atoms with van der Waals surface area (Å²) in [5.74, 6) is 0.429. The Kier molecular flexibility index (Phi) is 8.29. The van der Waals surface area contributed by atoms with Gasteiger partial charge in [0.15, 0.2) is 8.32 Å². The van der Waals surface area contributed by atoms with Crippen LogP contribution in [0.4, 0.5) is 10.1 Å². The zero-order chi connectivity index (χ0) is 21.7. The van der Waals surface area contributed by atoms with E-state index in [4.69, 9.17) is 9.16 Å². The Morgan fingerprint density at radius 3 is 2.41 bits per heavy atom. The number of halogens is 1. The number of ether oxygens (including phenoxy) is 1. The number of methoxy groups -OCH3 is 1. The minimum Gasteiger partial charge on any atom is -0.469 e. The maximum atomic E-state index is 14.6. The summed E-state index contributed by atoms with van der Waals surface area (Å²) in [5, 5.41) is 3.35. The molecule has 164 valence electrons. The third-order valence-corrected chi connectivity index (χ3v) is 11.2. The van der Waals surface area contributed by atoms with E-state index in [1.54, 1.807) is 6.07 Å². The third kappa shape index (κ3) is 6.81. The summed E-state index contributed by atoms with van der Waals surface area (Å²) in [5.41, 5.74) is 1.59. The van der Waals surface area contributed by atoms with Crippen LogP contribution in [0.1, 0.15) is 64.4 Å². The molecule has 0 aromatic heterocycles. The molecule has 1 aromatic rings. The highest BCUT2D eigenvalue weighted by molar-refractivity contribution is 6.74. The van der Waals surface area contributed by atoms with Gasteiger partial charge in [0, 0.05) is 13.0 Å². The van der Waals surface area contributed by atoms with E-state index in [1.807, 2.05) is 12.1 Å². The van der Waals surface area contributed by atoms with Crippen LogP contribution in [0.15, 0.2) is 18.2 Å². The first-order valence-corrected chi connectivity index (χ1v) is 13.7. The van der Waals surface area contributed by atoms with E-state index >= 15 is 0 Å². The predicted octanol–water partition coefficient (Wildman–Crippen LogP) is 6.10. The zero-order valence-electron chi connectivity index (χ0n) is 18.9. The number of anilines is 1. The van der Waals surface area contributed by atoms with Crippen LogP contribution in [-0.2, 0) is 14.0 Å². The minimum absolute atomic E-state index is 0.132. The molecule has 1 fully saturated rings. The fourth-order valence-corrected chi connectivity index (χ4v) is 4.70. The van der Waals surface area contributed by atoms with Crippen molar-refractivity contribution in [2.75, 3.05) is 25.6 Å². The fourth-order valence-electron chi connectivity index (χ4n) is 3.66. The van der Waals surface area contributed by atoms with E-state index in [0.29, 0.717) is 37.1 Å². The third-order valence-electron chi connectivity index (χ3n) is 6.68.